The Morgan fingerprint density at radius 3 is 2.48 bits per heavy atom. The minimum absolute atomic E-state index is 0.0338. The van der Waals surface area contributed by atoms with Crippen LogP contribution in [-0.4, -0.2) is 55.1 Å². The first-order valence-electron chi connectivity index (χ1n) is 9.41. The minimum Gasteiger partial charge on any atom is -0.484 e. The second-order valence-electron chi connectivity index (χ2n) is 6.65. The van der Waals surface area contributed by atoms with Crippen LogP contribution in [0.5, 0.6) is 5.75 Å². The maximum Gasteiger partial charge on any atom is 0.269 e. The SMILES string of the molecule is CCN1CCN(c2c(Cl)cccc2NC(=O)COc2ccc([N+](=O)[O-])cc2)CC1. The molecule has 2 aromatic carbocycles. The molecule has 1 heterocycles. The van der Waals surface area contributed by atoms with Crippen molar-refractivity contribution in [2.75, 3.05) is 49.5 Å². The van der Waals surface area contributed by atoms with Gasteiger partial charge in [0.15, 0.2) is 6.61 Å². The highest BCUT2D eigenvalue weighted by atomic mass is 35.5. The number of carbonyl (C=O) groups excluding carboxylic acids is 1. The Hall–Kier alpha value is -2.84. The highest BCUT2D eigenvalue weighted by Crippen LogP contribution is 2.34. The number of anilines is 2. The van der Waals surface area contributed by atoms with E-state index in [0.717, 1.165) is 38.4 Å². The summed E-state index contributed by atoms with van der Waals surface area (Å²) in [5.41, 5.74) is 1.42. The third-order valence-electron chi connectivity index (χ3n) is 4.81. The zero-order valence-corrected chi connectivity index (χ0v) is 16.9. The summed E-state index contributed by atoms with van der Waals surface area (Å²) in [5.74, 6) is 0.0480. The molecule has 1 aliphatic heterocycles. The van der Waals surface area contributed by atoms with E-state index < -0.39 is 4.92 Å². The number of benzene rings is 2. The number of rotatable bonds is 7. The van der Waals surface area contributed by atoms with Gasteiger partial charge in [-0.2, -0.15) is 0 Å². The summed E-state index contributed by atoms with van der Waals surface area (Å²) in [7, 11) is 0. The maximum atomic E-state index is 12.4. The quantitative estimate of drug-likeness (QED) is 0.547. The molecule has 154 valence electrons. The molecule has 3 rings (SSSR count). The molecule has 0 aromatic heterocycles. The van der Waals surface area contributed by atoms with Gasteiger partial charge in [-0.3, -0.25) is 14.9 Å². The Bertz CT molecular complexity index is 867. The Labute approximate surface area is 174 Å². The summed E-state index contributed by atoms with van der Waals surface area (Å²) in [4.78, 5) is 27.1. The van der Waals surface area contributed by atoms with E-state index in [1.165, 1.54) is 24.3 Å². The first-order valence-corrected chi connectivity index (χ1v) is 9.78. The summed E-state index contributed by atoms with van der Waals surface area (Å²) >= 11 is 6.44. The van der Waals surface area contributed by atoms with Crippen molar-refractivity contribution in [3.63, 3.8) is 0 Å². The van der Waals surface area contributed by atoms with Gasteiger partial charge in [0.2, 0.25) is 0 Å². The number of ether oxygens (including phenoxy) is 1. The number of likely N-dealkylation sites (N-methyl/N-ethyl adjacent to an activating group) is 1. The molecule has 0 spiro atoms. The van der Waals surface area contributed by atoms with Crippen LogP contribution in [0.4, 0.5) is 17.1 Å². The highest BCUT2D eigenvalue weighted by molar-refractivity contribution is 6.34. The largest absolute Gasteiger partial charge is 0.484 e. The number of nitro benzene ring substituents is 1. The molecule has 1 saturated heterocycles. The Morgan fingerprint density at radius 1 is 1.17 bits per heavy atom. The molecule has 0 radical (unpaired) electrons. The summed E-state index contributed by atoms with van der Waals surface area (Å²) < 4.78 is 5.43. The van der Waals surface area contributed by atoms with E-state index in [1.807, 2.05) is 12.1 Å². The number of nitrogens with one attached hydrogen (secondary N) is 1. The Morgan fingerprint density at radius 2 is 1.86 bits per heavy atom. The fourth-order valence-corrected chi connectivity index (χ4v) is 3.52. The van der Waals surface area contributed by atoms with Crippen molar-refractivity contribution in [3.8, 4) is 5.75 Å². The molecular weight excluding hydrogens is 396 g/mol. The molecule has 8 nitrogen and oxygen atoms in total. The van der Waals surface area contributed by atoms with Crippen molar-refractivity contribution in [2.45, 2.75) is 6.92 Å². The third kappa shape index (κ3) is 5.36. The number of halogens is 1. The van der Waals surface area contributed by atoms with Crippen LogP contribution in [-0.2, 0) is 4.79 Å². The number of amides is 1. The lowest BCUT2D eigenvalue weighted by molar-refractivity contribution is -0.384. The number of nitrogens with zero attached hydrogens (tertiary/aromatic N) is 3. The fraction of sp³-hybridized carbons (Fsp3) is 0.350. The van der Waals surface area contributed by atoms with Gasteiger partial charge in [0, 0.05) is 38.3 Å². The first kappa shape index (κ1) is 20.9. The van der Waals surface area contributed by atoms with Crippen molar-refractivity contribution in [1.82, 2.24) is 4.90 Å². The van der Waals surface area contributed by atoms with Gasteiger partial charge < -0.3 is 19.9 Å². The molecule has 0 bridgehead atoms. The van der Waals surface area contributed by atoms with Crippen molar-refractivity contribution in [1.29, 1.82) is 0 Å². The number of piperazine rings is 1. The Balaban J connectivity index is 1.63. The van der Waals surface area contributed by atoms with E-state index in [-0.39, 0.29) is 18.2 Å². The van der Waals surface area contributed by atoms with Gasteiger partial charge in [0.05, 0.1) is 21.3 Å². The van der Waals surface area contributed by atoms with E-state index >= 15 is 0 Å². The van der Waals surface area contributed by atoms with Crippen molar-refractivity contribution >= 4 is 34.6 Å². The van der Waals surface area contributed by atoms with Gasteiger partial charge in [-0.1, -0.05) is 24.6 Å². The molecule has 0 unspecified atom stereocenters. The van der Waals surface area contributed by atoms with Gasteiger partial charge in [0.1, 0.15) is 5.75 Å². The number of carbonyl (C=O) groups is 1. The number of hydrogen-bond acceptors (Lipinski definition) is 6. The summed E-state index contributed by atoms with van der Waals surface area (Å²) in [6, 6.07) is 11.0. The van der Waals surface area contributed by atoms with Gasteiger partial charge in [-0.15, -0.1) is 0 Å². The average molecular weight is 419 g/mol. The van der Waals surface area contributed by atoms with Crippen LogP contribution in [0.1, 0.15) is 6.92 Å². The molecule has 1 N–H and O–H groups in total. The van der Waals surface area contributed by atoms with Crippen LogP contribution in [0.2, 0.25) is 5.02 Å². The number of nitro groups is 1. The summed E-state index contributed by atoms with van der Waals surface area (Å²) in [5, 5.41) is 14.1. The lowest BCUT2D eigenvalue weighted by Gasteiger charge is -2.36. The maximum absolute atomic E-state index is 12.4. The first-order chi connectivity index (χ1) is 14.0. The van der Waals surface area contributed by atoms with E-state index in [2.05, 4.69) is 22.0 Å². The molecule has 29 heavy (non-hydrogen) atoms. The fourth-order valence-electron chi connectivity index (χ4n) is 3.22. The predicted molar refractivity (Wildman–Crippen MR) is 113 cm³/mol. The lowest BCUT2D eigenvalue weighted by atomic mass is 10.2. The zero-order valence-electron chi connectivity index (χ0n) is 16.1. The minimum atomic E-state index is -0.489. The van der Waals surface area contributed by atoms with E-state index in [0.29, 0.717) is 16.5 Å². The highest BCUT2D eigenvalue weighted by Gasteiger charge is 2.21. The number of non-ortho nitro benzene ring substituents is 1. The zero-order chi connectivity index (χ0) is 20.8. The van der Waals surface area contributed by atoms with Gasteiger partial charge in [0.25, 0.3) is 11.6 Å². The topological polar surface area (TPSA) is 88.0 Å². The molecule has 1 aliphatic rings. The van der Waals surface area contributed by atoms with Crippen LogP contribution in [0.25, 0.3) is 0 Å². The van der Waals surface area contributed by atoms with Crippen LogP contribution in [0, 0.1) is 10.1 Å². The molecule has 1 fully saturated rings. The van der Waals surface area contributed by atoms with E-state index in [9.17, 15) is 14.9 Å². The van der Waals surface area contributed by atoms with E-state index in [4.69, 9.17) is 16.3 Å². The smallest absolute Gasteiger partial charge is 0.269 e. The van der Waals surface area contributed by atoms with Crippen molar-refractivity contribution < 1.29 is 14.5 Å². The third-order valence-corrected chi connectivity index (χ3v) is 5.12. The monoisotopic (exact) mass is 418 g/mol. The van der Waals surface area contributed by atoms with Gasteiger partial charge in [-0.25, -0.2) is 0 Å². The second-order valence-corrected chi connectivity index (χ2v) is 7.05. The number of para-hydroxylation sites is 1. The van der Waals surface area contributed by atoms with Gasteiger partial charge in [-0.05, 0) is 30.8 Å². The average Bonchev–Trinajstić information content (AvgIpc) is 2.73. The van der Waals surface area contributed by atoms with Crippen LogP contribution < -0.4 is 15.0 Å². The van der Waals surface area contributed by atoms with Crippen molar-refractivity contribution in [3.05, 3.63) is 57.6 Å². The number of hydrogen-bond donors (Lipinski definition) is 1. The Kier molecular flexibility index (Phi) is 6.90. The van der Waals surface area contributed by atoms with Crippen LogP contribution >= 0.6 is 11.6 Å². The standard InChI is InChI=1S/C20H23ClN4O4/c1-2-23-10-12-24(13-11-23)20-17(21)4-3-5-18(20)22-19(26)14-29-16-8-6-15(7-9-16)25(27)28/h3-9H,2,10-14H2,1H3,(H,22,26). The molecule has 0 saturated carbocycles. The molecule has 0 atom stereocenters. The molecular formula is C20H23ClN4O4. The van der Waals surface area contributed by atoms with Crippen LogP contribution in [0.3, 0.4) is 0 Å². The molecule has 2 aromatic rings. The van der Waals surface area contributed by atoms with Gasteiger partial charge >= 0.3 is 0 Å². The lowest BCUT2D eigenvalue weighted by Crippen LogP contribution is -2.46. The van der Waals surface area contributed by atoms with Crippen molar-refractivity contribution in [2.24, 2.45) is 0 Å². The van der Waals surface area contributed by atoms with E-state index in [1.54, 1.807) is 6.07 Å². The normalized spacial score (nSPS) is 14.5. The van der Waals surface area contributed by atoms with Crippen LogP contribution in [0.15, 0.2) is 42.5 Å². The molecule has 1 amide bonds. The summed E-state index contributed by atoms with van der Waals surface area (Å²) in [6.45, 7) is 6.49. The predicted octanol–water partition coefficient (Wildman–Crippen LogP) is 3.41. The molecule has 9 heteroatoms. The second kappa shape index (κ2) is 9.58. The molecule has 0 aliphatic carbocycles. The summed E-state index contributed by atoms with van der Waals surface area (Å²) in [6.07, 6.45) is 0.